The van der Waals surface area contributed by atoms with E-state index in [1.54, 1.807) is 6.07 Å². The average Bonchev–Trinajstić information content (AvgIpc) is 2.75. The van der Waals surface area contributed by atoms with Crippen molar-refractivity contribution in [1.82, 2.24) is 14.9 Å². The largest absolute Gasteiger partial charge is 0.495 e. The van der Waals surface area contributed by atoms with Crippen molar-refractivity contribution < 1.29 is 17.9 Å². The van der Waals surface area contributed by atoms with Gasteiger partial charge in [-0.1, -0.05) is 41.9 Å². The Labute approximate surface area is 188 Å². The third kappa shape index (κ3) is 6.43. The first kappa shape index (κ1) is 23.5. The minimum atomic E-state index is -4.07. The van der Waals surface area contributed by atoms with Gasteiger partial charge in [-0.05, 0) is 63.2 Å². The molecule has 2 aromatic rings. The smallest absolute Gasteiger partial charge is 0.245 e. The summed E-state index contributed by atoms with van der Waals surface area (Å²) in [6, 6.07) is 12.7. The van der Waals surface area contributed by atoms with E-state index in [1.807, 2.05) is 37.4 Å². The van der Waals surface area contributed by atoms with Crippen molar-refractivity contribution in [1.29, 1.82) is 0 Å². The highest BCUT2D eigenvalue weighted by molar-refractivity contribution is 7.89. The predicted octanol–water partition coefficient (Wildman–Crippen LogP) is 2.45. The number of hydrogen-bond donors (Lipinski definition) is 2. The molecule has 7 nitrogen and oxygen atoms in total. The second-order valence-electron chi connectivity index (χ2n) is 7.74. The molecule has 9 heteroatoms. The normalized spacial score (nSPS) is 16.6. The van der Waals surface area contributed by atoms with Crippen LogP contribution in [0, 0.1) is 0 Å². The molecule has 0 aromatic heterocycles. The molecule has 0 bridgehead atoms. The van der Waals surface area contributed by atoms with Gasteiger partial charge in [-0.25, -0.2) is 8.42 Å². The number of halogens is 1. The number of sulfonamides is 1. The van der Waals surface area contributed by atoms with Crippen molar-refractivity contribution in [2.75, 3.05) is 27.2 Å². The lowest BCUT2D eigenvalue weighted by Gasteiger charge is -2.30. The fourth-order valence-electron chi connectivity index (χ4n) is 3.60. The first-order chi connectivity index (χ1) is 14.8. The van der Waals surface area contributed by atoms with Gasteiger partial charge in [0.15, 0.2) is 0 Å². The number of likely N-dealkylation sites (tertiary alicyclic amines) is 1. The van der Waals surface area contributed by atoms with Crippen LogP contribution in [0.4, 0.5) is 0 Å². The standard InChI is InChI=1S/C22H28ClN3O4S/c1-26-12-10-18(11-13-26)24-22(27)19(14-16-6-4-3-5-7-16)25-31(28,29)21-15-17(23)8-9-20(21)30-2/h3-9,15,18-19,25H,10-14H2,1-2H3,(H,24,27)/t19-/m0/s1. The molecule has 1 amide bonds. The summed E-state index contributed by atoms with van der Waals surface area (Å²) >= 11 is 6.02. The maximum atomic E-state index is 13.2. The second-order valence-corrected chi connectivity index (χ2v) is 9.86. The molecule has 2 aromatic carbocycles. The average molecular weight is 466 g/mol. The van der Waals surface area contributed by atoms with Gasteiger partial charge >= 0.3 is 0 Å². The summed E-state index contributed by atoms with van der Waals surface area (Å²) in [5, 5.41) is 3.28. The van der Waals surface area contributed by atoms with Crippen LogP contribution in [-0.4, -0.2) is 58.6 Å². The zero-order valence-electron chi connectivity index (χ0n) is 17.7. The van der Waals surface area contributed by atoms with Crippen molar-refractivity contribution in [3.63, 3.8) is 0 Å². The Morgan fingerprint density at radius 2 is 1.87 bits per heavy atom. The fraction of sp³-hybridized carbons (Fsp3) is 0.409. The number of carbonyl (C=O) groups excluding carboxylic acids is 1. The van der Waals surface area contributed by atoms with E-state index in [0.717, 1.165) is 31.5 Å². The molecule has 1 aliphatic heterocycles. The highest BCUT2D eigenvalue weighted by Gasteiger charge is 2.30. The number of benzene rings is 2. The van der Waals surface area contributed by atoms with Gasteiger partial charge in [-0.15, -0.1) is 0 Å². The van der Waals surface area contributed by atoms with Crippen molar-refractivity contribution in [2.24, 2.45) is 0 Å². The minimum absolute atomic E-state index is 0.0205. The zero-order chi connectivity index (χ0) is 22.4. The SMILES string of the molecule is COc1ccc(Cl)cc1S(=O)(=O)N[C@@H](Cc1ccccc1)C(=O)NC1CCN(C)CC1. The van der Waals surface area contributed by atoms with Crippen LogP contribution in [0.25, 0.3) is 0 Å². The third-order valence-electron chi connectivity index (χ3n) is 5.38. The zero-order valence-corrected chi connectivity index (χ0v) is 19.2. The first-order valence-corrected chi connectivity index (χ1v) is 12.0. The highest BCUT2D eigenvalue weighted by Crippen LogP contribution is 2.27. The summed E-state index contributed by atoms with van der Waals surface area (Å²) in [7, 11) is -0.638. The number of nitrogens with one attached hydrogen (secondary N) is 2. The van der Waals surface area contributed by atoms with Gasteiger partial charge in [0.25, 0.3) is 0 Å². The minimum Gasteiger partial charge on any atom is -0.495 e. The van der Waals surface area contributed by atoms with E-state index in [0.29, 0.717) is 0 Å². The lowest BCUT2D eigenvalue weighted by molar-refractivity contribution is -0.123. The molecule has 0 saturated carbocycles. The van der Waals surface area contributed by atoms with Crippen molar-refractivity contribution in [2.45, 2.75) is 36.2 Å². The van der Waals surface area contributed by atoms with E-state index in [4.69, 9.17) is 16.3 Å². The number of piperidine rings is 1. The number of methoxy groups -OCH3 is 1. The molecule has 1 atom stereocenters. The molecule has 1 aliphatic rings. The van der Waals surface area contributed by atoms with Crippen LogP contribution in [0.2, 0.25) is 5.02 Å². The molecule has 3 rings (SSSR count). The van der Waals surface area contributed by atoms with Crippen LogP contribution < -0.4 is 14.8 Å². The van der Waals surface area contributed by atoms with E-state index >= 15 is 0 Å². The third-order valence-corrected chi connectivity index (χ3v) is 7.10. The van der Waals surface area contributed by atoms with Gasteiger partial charge in [0.2, 0.25) is 15.9 Å². The van der Waals surface area contributed by atoms with Crippen LogP contribution in [0.5, 0.6) is 5.75 Å². The van der Waals surface area contributed by atoms with Gasteiger partial charge < -0.3 is 15.0 Å². The quantitative estimate of drug-likeness (QED) is 0.625. The summed E-state index contributed by atoms with van der Waals surface area (Å²) in [6.45, 7) is 1.78. The van der Waals surface area contributed by atoms with E-state index in [2.05, 4.69) is 14.9 Å². The predicted molar refractivity (Wildman–Crippen MR) is 121 cm³/mol. The molecule has 0 spiro atoms. The van der Waals surface area contributed by atoms with Crippen molar-refractivity contribution in [3.8, 4) is 5.75 Å². The number of ether oxygens (including phenoxy) is 1. The van der Waals surface area contributed by atoms with Crippen LogP contribution in [-0.2, 0) is 21.2 Å². The number of hydrogen-bond acceptors (Lipinski definition) is 5. The molecule has 1 heterocycles. The summed E-state index contributed by atoms with van der Waals surface area (Å²) in [6.07, 6.45) is 1.88. The summed E-state index contributed by atoms with van der Waals surface area (Å²) in [5.74, 6) is -0.186. The molecule has 1 fully saturated rings. The Kier molecular flexibility index (Phi) is 7.94. The topological polar surface area (TPSA) is 87.7 Å². The van der Waals surface area contributed by atoms with E-state index in [9.17, 15) is 13.2 Å². The Hall–Kier alpha value is -2.13. The molecule has 168 valence electrons. The summed E-state index contributed by atoms with van der Waals surface area (Å²) in [4.78, 5) is 15.2. The van der Waals surface area contributed by atoms with Crippen molar-refractivity contribution >= 4 is 27.5 Å². The monoisotopic (exact) mass is 465 g/mol. The maximum absolute atomic E-state index is 13.2. The van der Waals surface area contributed by atoms with Gasteiger partial charge in [0, 0.05) is 11.1 Å². The molecule has 31 heavy (non-hydrogen) atoms. The number of carbonyl (C=O) groups is 1. The fourth-order valence-corrected chi connectivity index (χ4v) is 5.23. The van der Waals surface area contributed by atoms with Gasteiger partial charge in [-0.3, -0.25) is 4.79 Å². The molecule has 0 aliphatic carbocycles. The number of rotatable bonds is 8. The maximum Gasteiger partial charge on any atom is 0.245 e. The van der Waals surface area contributed by atoms with E-state index < -0.39 is 16.1 Å². The molecular weight excluding hydrogens is 438 g/mol. The number of amides is 1. The number of nitrogens with zero attached hydrogens (tertiary/aromatic N) is 1. The van der Waals surface area contributed by atoms with Gasteiger partial charge in [0.1, 0.15) is 16.7 Å². The van der Waals surface area contributed by atoms with Gasteiger partial charge in [-0.2, -0.15) is 4.72 Å². The van der Waals surface area contributed by atoms with Crippen molar-refractivity contribution in [3.05, 3.63) is 59.1 Å². The Morgan fingerprint density at radius 3 is 2.52 bits per heavy atom. The van der Waals surface area contributed by atoms with Crippen LogP contribution >= 0.6 is 11.6 Å². The molecule has 0 unspecified atom stereocenters. The lowest BCUT2D eigenvalue weighted by atomic mass is 10.0. The van der Waals surface area contributed by atoms with Crippen LogP contribution in [0.1, 0.15) is 18.4 Å². The Bertz CT molecular complexity index is 993. The van der Waals surface area contributed by atoms with Gasteiger partial charge in [0.05, 0.1) is 7.11 Å². The summed E-state index contributed by atoms with van der Waals surface area (Å²) in [5.41, 5.74) is 0.854. The molecule has 2 N–H and O–H groups in total. The molecule has 1 saturated heterocycles. The van der Waals surface area contributed by atoms with Crippen LogP contribution in [0.3, 0.4) is 0 Å². The second kappa shape index (κ2) is 10.5. The Morgan fingerprint density at radius 1 is 1.19 bits per heavy atom. The van der Waals surface area contributed by atoms with Crippen LogP contribution in [0.15, 0.2) is 53.4 Å². The molecule has 0 radical (unpaired) electrons. The van der Waals surface area contributed by atoms with E-state index in [1.165, 1.54) is 19.2 Å². The molecular formula is C22H28ClN3O4S. The highest BCUT2D eigenvalue weighted by atomic mass is 35.5. The lowest BCUT2D eigenvalue weighted by Crippen LogP contribution is -2.52. The summed E-state index contributed by atoms with van der Waals surface area (Å²) < 4.78 is 34.1. The first-order valence-electron chi connectivity index (χ1n) is 10.2. The van der Waals surface area contributed by atoms with E-state index in [-0.39, 0.29) is 34.0 Å². The Balaban J connectivity index is 1.83.